The van der Waals surface area contributed by atoms with Gasteiger partial charge < -0.3 is 5.11 Å². The predicted molar refractivity (Wildman–Crippen MR) is 73.5 cm³/mol. The second-order valence-electron chi connectivity index (χ2n) is 3.99. The zero-order chi connectivity index (χ0) is 13.7. The zero-order valence-corrected chi connectivity index (χ0v) is 10.1. The van der Waals surface area contributed by atoms with Crippen LogP contribution >= 0.6 is 0 Å². The van der Waals surface area contributed by atoms with Crippen LogP contribution in [0.1, 0.15) is 27.0 Å². The van der Waals surface area contributed by atoms with Crippen molar-refractivity contribution in [3.05, 3.63) is 70.8 Å². The van der Waals surface area contributed by atoms with Crippen molar-refractivity contribution >= 4 is 18.1 Å². The molecule has 0 saturated carbocycles. The Labute approximate surface area is 111 Å². The van der Waals surface area contributed by atoms with Gasteiger partial charge in [-0.05, 0) is 35.4 Å². The molecule has 0 spiro atoms. The van der Waals surface area contributed by atoms with Crippen molar-refractivity contribution in [3.63, 3.8) is 0 Å². The van der Waals surface area contributed by atoms with E-state index in [9.17, 15) is 4.79 Å². The number of carboxylic acids is 1. The second kappa shape index (κ2) is 5.65. The molecule has 0 aliphatic carbocycles. The number of benzene rings is 2. The highest BCUT2D eigenvalue weighted by Crippen LogP contribution is 2.10. The van der Waals surface area contributed by atoms with Crippen LogP contribution in [0.5, 0.6) is 0 Å². The summed E-state index contributed by atoms with van der Waals surface area (Å²) in [6, 6.07) is 16.0. The van der Waals surface area contributed by atoms with Crippen LogP contribution in [0.25, 0.3) is 12.2 Å². The van der Waals surface area contributed by atoms with Gasteiger partial charge in [0.25, 0.3) is 0 Å². The summed E-state index contributed by atoms with van der Waals surface area (Å²) < 4.78 is 0. The van der Waals surface area contributed by atoms with Crippen molar-refractivity contribution in [2.45, 2.75) is 0 Å². The quantitative estimate of drug-likeness (QED) is 0.848. The SMILES string of the molecule is N#Cc1ccc(/C=C/c2ccc(C(=O)O)cc2)cc1. The summed E-state index contributed by atoms with van der Waals surface area (Å²) in [6.07, 6.45) is 3.81. The molecule has 92 valence electrons. The molecule has 1 N–H and O–H groups in total. The van der Waals surface area contributed by atoms with Gasteiger partial charge >= 0.3 is 5.97 Å². The lowest BCUT2D eigenvalue weighted by Gasteiger charge is -1.97. The van der Waals surface area contributed by atoms with Gasteiger partial charge in [-0.2, -0.15) is 5.26 Å². The van der Waals surface area contributed by atoms with E-state index < -0.39 is 5.97 Å². The monoisotopic (exact) mass is 249 g/mol. The minimum Gasteiger partial charge on any atom is -0.478 e. The van der Waals surface area contributed by atoms with E-state index in [1.807, 2.05) is 24.3 Å². The van der Waals surface area contributed by atoms with Crippen molar-refractivity contribution in [3.8, 4) is 6.07 Å². The summed E-state index contributed by atoms with van der Waals surface area (Å²) in [5.41, 5.74) is 2.81. The number of nitrogens with zero attached hydrogens (tertiary/aromatic N) is 1. The van der Waals surface area contributed by atoms with E-state index in [4.69, 9.17) is 10.4 Å². The van der Waals surface area contributed by atoms with Crippen molar-refractivity contribution in [2.24, 2.45) is 0 Å². The normalized spacial score (nSPS) is 10.3. The molecule has 0 atom stereocenters. The van der Waals surface area contributed by atoms with Crippen LogP contribution in [0.3, 0.4) is 0 Å². The molecule has 19 heavy (non-hydrogen) atoms. The molecule has 3 nitrogen and oxygen atoms in total. The van der Waals surface area contributed by atoms with E-state index in [2.05, 4.69) is 6.07 Å². The van der Waals surface area contributed by atoms with Gasteiger partial charge in [-0.1, -0.05) is 36.4 Å². The minimum atomic E-state index is -0.928. The maximum absolute atomic E-state index is 10.7. The molecule has 0 fully saturated rings. The first-order chi connectivity index (χ1) is 9.19. The Balaban J connectivity index is 2.13. The lowest BCUT2D eigenvalue weighted by Crippen LogP contribution is -1.94. The Morgan fingerprint density at radius 2 is 1.42 bits per heavy atom. The summed E-state index contributed by atoms with van der Waals surface area (Å²) in [5.74, 6) is -0.928. The van der Waals surface area contributed by atoms with Gasteiger partial charge in [0.2, 0.25) is 0 Å². The third-order valence-electron chi connectivity index (χ3n) is 2.67. The molecular weight excluding hydrogens is 238 g/mol. The standard InChI is InChI=1S/C16H11NO2/c17-11-14-5-3-12(4-6-14)1-2-13-7-9-15(10-8-13)16(18)19/h1-10H,(H,18,19)/b2-1+. The van der Waals surface area contributed by atoms with Crippen molar-refractivity contribution in [1.82, 2.24) is 0 Å². The van der Waals surface area contributed by atoms with Crippen molar-refractivity contribution < 1.29 is 9.90 Å². The number of rotatable bonds is 3. The lowest BCUT2D eigenvalue weighted by molar-refractivity contribution is 0.0697. The zero-order valence-electron chi connectivity index (χ0n) is 10.1. The minimum absolute atomic E-state index is 0.274. The van der Waals surface area contributed by atoms with E-state index in [0.29, 0.717) is 5.56 Å². The van der Waals surface area contributed by atoms with Crippen LogP contribution < -0.4 is 0 Å². The molecule has 0 amide bonds. The van der Waals surface area contributed by atoms with E-state index in [0.717, 1.165) is 11.1 Å². The molecule has 0 aliphatic heterocycles. The molecule has 2 rings (SSSR count). The van der Waals surface area contributed by atoms with Gasteiger partial charge in [0.15, 0.2) is 0 Å². The second-order valence-corrected chi connectivity index (χ2v) is 3.99. The van der Waals surface area contributed by atoms with Crippen LogP contribution in [0, 0.1) is 11.3 Å². The summed E-state index contributed by atoms with van der Waals surface area (Å²) >= 11 is 0. The Bertz CT molecular complexity index is 647. The Kier molecular flexibility index (Phi) is 3.75. The molecule has 0 radical (unpaired) electrons. The Morgan fingerprint density at radius 3 is 1.84 bits per heavy atom. The van der Waals surface area contributed by atoms with Gasteiger partial charge in [-0.3, -0.25) is 0 Å². The van der Waals surface area contributed by atoms with Crippen LogP contribution in [0.2, 0.25) is 0 Å². The number of nitriles is 1. The van der Waals surface area contributed by atoms with Crippen molar-refractivity contribution in [2.75, 3.05) is 0 Å². The summed E-state index contributed by atoms with van der Waals surface area (Å²) in [6.45, 7) is 0. The maximum atomic E-state index is 10.7. The maximum Gasteiger partial charge on any atom is 0.335 e. The number of aromatic carboxylic acids is 1. The van der Waals surface area contributed by atoms with E-state index in [-0.39, 0.29) is 5.56 Å². The largest absolute Gasteiger partial charge is 0.478 e. The van der Waals surface area contributed by atoms with Crippen LogP contribution in [0.4, 0.5) is 0 Å². The third kappa shape index (κ3) is 3.30. The van der Waals surface area contributed by atoms with Crippen LogP contribution in [-0.4, -0.2) is 11.1 Å². The Hall–Kier alpha value is -2.86. The number of hydrogen-bond acceptors (Lipinski definition) is 2. The van der Waals surface area contributed by atoms with Crippen LogP contribution in [0.15, 0.2) is 48.5 Å². The highest BCUT2D eigenvalue weighted by molar-refractivity contribution is 5.88. The highest BCUT2D eigenvalue weighted by Gasteiger charge is 1.99. The average molecular weight is 249 g/mol. The fourth-order valence-electron chi connectivity index (χ4n) is 1.60. The molecule has 0 unspecified atom stereocenters. The first kappa shape index (κ1) is 12.6. The summed E-state index contributed by atoms with van der Waals surface area (Å²) in [4.78, 5) is 10.7. The number of hydrogen-bond donors (Lipinski definition) is 1. The molecule has 0 aromatic heterocycles. The number of carbonyl (C=O) groups is 1. The lowest BCUT2D eigenvalue weighted by atomic mass is 10.1. The van der Waals surface area contributed by atoms with Gasteiger partial charge in [0.1, 0.15) is 0 Å². The van der Waals surface area contributed by atoms with E-state index >= 15 is 0 Å². The fraction of sp³-hybridized carbons (Fsp3) is 0. The van der Waals surface area contributed by atoms with E-state index in [1.165, 1.54) is 0 Å². The number of carboxylic acid groups (broad SMARTS) is 1. The first-order valence-corrected chi connectivity index (χ1v) is 5.70. The van der Waals surface area contributed by atoms with E-state index in [1.54, 1.807) is 36.4 Å². The molecule has 0 bridgehead atoms. The average Bonchev–Trinajstić information content (AvgIpc) is 2.46. The summed E-state index contributed by atoms with van der Waals surface area (Å²) in [7, 11) is 0. The van der Waals surface area contributed by atoms with Crippen molar-refractivity contribution in [1.29, 1.82) is 5.26 Å². The molecule has 0 saturated heterocycles. The molecule has 3 heteroatoms. The van der Waals surface area contributed by atoms with Crippen LogP contribution in [-0.2, 0) is 0 Å². The van der Waals surface area contributed by atoms with Gasteiger partial charge in [-0.25, -0.2) is 4.79 Å². The summed E-state index contributed by atoms with van der Waals surface area (Å²) in [5, 5.41) is 17.5. The third-order valence-corrected chi connectivity index (χ3v) is 2.67. The molecular formula is C16H11NO2. The molecule has 2 aromatic carbocycles. The highest BCUT2D eigenvalue weighted by atomic mass is 16.4. The van der Waals surface area contributed by atoms with Gasteiger partial charge in [0, 0.05) is 0 Å². The molecule has 2 aromatic rings. The smallest absolute Gasteiger partial charge is 0.335 e. The first-order valence-electron chi connectivity index (χ1n) is 5.70. The fourth-order valence-corrected chi connectivity index (χ4v) is 1.60. The van der Waals surface area contributed by atoms with Gasteiger partial charge in [-0.15, -0.1) is 0 Å². The predicted octanol–water partition coefficient (Wildman–Crippen LogP) is 3.43. The van der Waals surface area contributed by atoms with Gasteiger partial charge in [0.05, 0.1) is 17.2 Å². The molecule has 0 heterocycles. The molecule has 0 aliphatic rings. The topological polar surface area (TPSA) is 61.1 Å². The Morgan fingerprint density at radius 1 is 0.947 bits per heavy atom.